The van der Waals surface area contributed by atoms with E-state index in [2.05, 4.69) is 15.4 Å². The average Bonchev–Trinajstić information content (AvgIpc) is 3.21. The van der Waals surface area contributed by atoms with Crippen LogP contribution in [0.15, 0.2) is 36.8 Å². The van der Waals surface area contributed by atoms with Crippen molar-refractivity contribution in [1.29, 1.82) is 0 Å². The molecule has 2 aromatic heterocycles. The van der Waals surface area contributed by atoms with Gasteiger partial charge in [-0.05, 0) is 13.0 Å². The standard InChI is InChI=1S/C22H22F3N5O2/c1-13(16-4-3-5-17(19(16)23)22(2,24)25)28-21(32)14-10-18(20-26-12-27-30(20)11-14)29-8-6-15(31)7-9-29/h3-5,10-13H,6-9H2,1-2H3,(H,28,32)/t13-/m1/s1. The van der Waals surface area contributed by atoms with E-state index in [1.54, 1.807) is 6.07 Å². The van der Waals surface area contributed by atoms with Crippen molar-refractivity contribution in [2.45, 2.75) is 38.7 Å². The molecular weight excluding hydrogens is 423 g/mol. The highest BCUT2D eigenvalue weighted by atomic mass is 19.3. The predicted molar refractivity (Wildman–Crippen MR) is 111 cm³/mol. The van der Waals surface area contributed by atoms with E-state index in [1.807, 2.05) is 4.90 Å². The highest BCUT2D eigenvalue weighted by Crippen LogP contribution is 2.32. The first-order valence-electron chi connectivity index (χ1n) is 10.2. The van der Waals surface area contributed by atoms with Gasteiger partial charge in [0.25, 0.3) is 11.8 Å². The number of carbonyl (C=O) groups excluding carboxylic acids is 2. The molecule has 1 aliphatic heterocycles. The van der Waals surface area contributed by atoms with E-state index < -0.39 is 29.3 Å². The summed E-state index contributed by atoms with van der Waals surface area (Å²) >= 11 is 0. The summed E-state index contributed by atoms with van der Waals surface area (Å²) in [4.78, 5) is 30.8. The Hall–Kier alpha value is -3.43. The fourth-order valence-corrected chi connectivity index (χ4v) is 3.84. The molecule has 0 spiro atoms. The molecule has 1 atom stereocenters. The summed E-state index contributed by atoms with van der Waals surface area (Å²) < 4.78 is 43.5. The van der Waals surface area contributed by atoms with Gasteiger partial charge < -0.3 is 10.2 Å². The van der Waals surface area contributed by atoms with Crippen molar-refractivity contribution in [1.82, 2.24) is 19.9 Å². The second-order valence-electron chi connectivity index (χ2n) is 7.96. The molecule has 1 amide bonds. The van der Waals surface area contributed by atoms with Crippen molar-refractivity contribution in [2.24, 2.45) is 0 Å². The van der Waals surface area contributed by atoms with Gasteiger partial charge in [0.2, 0.25) is 0 Å². The number of pyridine rings is 1. The lowest BCUT2D eigenvalue weighted by Crippen LogP contribution is -2.34. The Bertz CT molecular complexity index is 1180. The van der Waals surface area contributed by atoms with Crippen LogP contribution in [0.25, 0.3) is 5.65 Å². The molecule has 4 rings (SSSR count). The van der Waals surface area contributed by atoms with Crippen molar-refractivity contribution in [3.63, 3.8) is 0 Å². The Morgan fingerprint density at radius 3 is 2.66 bits per heavy atom. The van der Waals surface area contributed by atoms with Crippen LogP contribution >= 0.6 is 0 Å². The first kappa shape index (κ1) is 21.8. The molecule has 0 bridgehead atoms. The van der Waals surface area contributed by atoms with E-state index in [0.29, 0.717) is 44.2 Å². The number of fused-ring (bicyclic) bond motifs is 1. The van der Waals surface area contributed by atoms with Crippen LogP contribution in [0.3, 0.4) is 0 Å². The van der Waals surface area contributed by atoms with E-state index in [1.165, 1.54) is 36.1 Å². The molecule has 1 N–H and O–H groups in total. The third kappa shape index (κ3) is 4.17. The highest BCUT2D eigenvalue weighted by Gasteiger charge is 2.30. The molecule has 168 valence electrons. The van der Waals surface area contributed by atoms with Gasteiger partial charge in [-0.25, -0.2) is 22.7 Å². The number of carbonyl (C=O) groups is 2. The van der Waals surface area contributed by atoms with Crippen LogP contribution in [0.2, 0.25) is 0 Å². The van der Waals surface area contributed by atoms with Crippen LogP contribution in [0.1, 0.15) is 54.2 Å². The Kier molecular flexibility index (Phi) is 5.62. The Labute approximate surface area is 182 Å². The quantitative estimate of drug-likeness (QED) is 0.649. The number of piperidine rings is 1. The van der Waals surface area contributed by atoms with Crippen LogP contribution in [0.5, 0.6) is 0 Å². The number of rotatable bonds is 5. The number of nitrogens with zero attached hydrogens (tertiary/aromatic N) is 4. The normalized spacial score (nSPS) is 15.8. The summed E-state index contributed by atoms with van der Waals surface area (Å²) in [6, 6.07) is 4.53. The van der Waals surface area contributed by atoms with Crippen LogP contribution in [-0.4, -0.2) is 39.4 Å². The zero-order chi connectivity index (χ0) is 23.0. The van der Waals surface area contributed by atoms with E-state index in [-0.39, 0.29) is 16.9 Å². The maximum Gasteiger partial charge on any atom is 0.273 e. The van der Waals surface area contributed by atoms with E-state index in [4.69, 9.17) is 0 Å². The number of nitrogens with one attached hydrogen (secondary N) is 1. The first-order chi connectivity index (χ1) is 15.1. The molecule has 1 fully saturated rings. The number of halogens is 3. The summed E-state index contributed by atoms with van der Waals surface area (Å²) in [5.41, 5.74) is 0.706. The number of aromatic nitrogens is 3. The monoisotopic (exact) mass is 445 g/mol. The molecule has 32 heavy (non-hydrogen) atoms. The summed E-state index contributed by atoms with van der Waals surface area (Å²) in [5.74, 6) is -4.72. The zero-order valence-corrected chi connectivity index (χ0v) is 17.6. The summed E-state index contributed by atoms with van der Waals surface area (Å²) in [7, 11) is 0. The van der Waals surface area contributed by atoms with Gasteiger partial charge in [-0.2, -0.15) is 5.10 Å². The van der Waals surface area contributed by atoms with Gasteiger partial charge in [-0.3, -0.25) is 9.59 Å². The van der Waals surface area contributed by atoms with Crippen molar-refractivity contribution in [3.8, 4) is 0 Å². The number of hydrogen-bond donors (Lipinski definition) is 1. The molecule has 10 heteroatoms. The fourth-order valence-electron chi connectivity index (χ4n) is 3.84. The van der Waals surface area contributed by atoms with Crippen LogP contribution in [0, 0.1) is 5.82 Å². The van der Waals surface area contributed by atoms with Crippen LogP contribution in [0.4, 0.5) is 18.9 Å². The van der Waals surface area contributed by atoms with E-state index >= 15 is 0 Å². The number of alkyl halides is 2. The maximum atomic E-state index is 14.7. The second-order valence-corrected chi connectivity index (χ2v) is 7.96. The topological polar surface area (TPSA) is 79.6 Å². The van der Waals surface area contributed by atoms with Crippen LogP contribution < -0.4 is 10.2 Å². The van der Waals surface area contributed by atoms with E-state index in [9.17, 15) is 22.8 Å². The summed E-state index contributed by atoms with van der Waals surface area (Å²) in [5, 5.41) is 6.78. The molecule has 0 aliphatic carbocycles. The Morgan fingerprint density at radius 2 is 1.97 bits per heavy atom. The molecule has 1 aromatic carbocycles. The number of hydrogen-bond acceptors (Lipinski definition) is 5. The lowest BCUT2D eigenvalue weighted by molar-refractivity contribution is -0.119. The van der Waals surface area contributed by atoms with Crippen molar-refractivity contribution in [2.75, 3.05) is 18.0 Å². The second kappa shape index (κ2) is 8.25. The lowest BCUT2D eigenvalue weighted by atomic mass is 10.0. The van der Waals surface area contributed by atoms with E-state index in [0.717, 1.165) is 6.07 Å². The Morgan fingerprint density at radius 1 is 1.25 bits per heavy atom. The Balaban J connectivity index is 1.61. The highest BCUT2D eigenvalue weighted by molar-refractivity contribution is 5.96. The van der Waals surface area contributed by atoms with Gasteiger partial charge in [-0.1, -0.05) is 18.2 Å². The molecule has 0 saturated carbocycles. The SMILES string of the molecule is C[C@@H](NC(=O)c1cc(N2CCC(=O)CC2)c2ncnn2c1)c1cccc(C(C)(F)F)c1F. The molecule has 0 unspecified atom stereocenters. The minimum Gasteiger partial charge on any atom is -0.368 e. The van der Waals surface area contributed by atoms with Gasteiger partial charge in [-0.15, -0.1) is 0 Å². The molecule has 0 radical (unpaired) electrons. The summed E-state index contributed by atoms with van der Waals surface area (Å²) in [6.45, 7) is 3.17. The summed E-state index contributed by atoms with van der Waals surface area (Å²) in [6.07, 6.45) is 3.68. The van der Waals surface area contributed by atoms with Crippen molar-refractivity contribution >= 4 is 23.0 Å². The van der Waals surface area contributed by atoms with Crippen molar-refractivity contribution in [3.05, 3.63) is 59.3 Å². The predicted octanol–water partition coefficient (Wildman–Crippen LogP) is 3.64. The molecule has 7 nitrogen and oxygen atoms in total. The molecular formula is C22H22F3N5O2. The van der Waals surface area contributed by atoms with Gasteiger partial charge in [0.05, 0.1) is 22.9 Å². The molecule has 1 saturated heterocycles. The number of Topliss-reactive ketones (excluding diaryl/α,β-unsaturated/α-hetero) is 1. The third-order valence-corrected chi connectivity index (χ3v) is 5.60. The average molecular weight is 445 g/mol. The lowest BCUT2D eigenvalue weighted by Gasteiger charge is -2.28. The fraction of sp³-hybridized carbons (Fsp3) is 0.364. The number of anilines is 1. The van der Waals surface area contributed by atoms with Gasteiger partial charge >= 0.3 is 0 Å². The van der Waals surface area contributed by atoms with Crippen molar-refractivity contribution < 1.29 is 22.8 Å². The largest absolute Gasteiger partial charge is 0.368 e. The number of amides is 1. The van der Waals surface area contributed by atoms with Crippen LogP contribution in [-0.2, 0) is 10.7 Å². The number of ketones is 1. The molecule has 3 heterocycles. The molecule has 3 aromatic rings. The smallest absolute Gasteiger partial charge is 0.273 e. The number of benzene rings is 1. The van der Waals surface area contributed by atoms with Gasteiger partial charge in [0.15, 0.2) is 5.65 Å². The molecule has 1 aliphatic rings. The zero-order valence-electron chi connectivity index (χ0n) is 17.6. The van der Waals surface area contributed by atoms with Gasteiger partial charge in [0.1, 0.15) is 17.9 Å². The van der Waals surface area contributed by atoms with Gasteiger partial charge in [0, 0.05) is 44.6 Å². The minimum absolute atomic E-state index is 0.0334. The third-order valence-electron chi connectivity index (χ3n) is 5.60. The maximum absolute atomic E-state index is 14.7. The first-order valence-corrected chi connectivity index (χ1v) is 10.2. The minimum atomic E-state index is -3.34.